The van der Waals surface area contributed by atoms with E-state index >= 15 is 0 Å². The van der Waals surface area contributed by atoms with E-state index in [2.05, 4.69) is 61.1 Å². The van der Waals surface area contributed by atoms with E-state index in [0.717, 1.165) is 28.9 Å². The van der Waals surface area contributed by atoms with Crippen molar-refractivity contribution < 1.29 is 0 Å². The van der Waals surface area contributed by atoms with Crippen molar-refractivity contribution in [1.82, 2.24) is 5.32 Å². The SMILES string of the molecule is CCC(CNC(C)(C)C)Cc1ccc(Br)cc1Cl. The van der Waals surface area contributed by atoms with Crippen LogP contribution in [0.15, 0.2) is 22.7 Å². The fourth-order valence-electron chi connectivity index (χ4n) is 1.81. The van der Waals surface area contributed by atoms with Gasteiger partial charge in [0.2, 0.25) is 0 Å². The maximum absolute atomic E-state index is 6.27. The second-order valence-electron chi connectivity index (χ2n) is 5.85. The summed E-state index contributed by atoms with van der Waals surface area (Å²) in [6, 6.07) is 6.15. The predicted octanol–water partition coefficient (Wildman–Crippen LogP) is 5.06. The van der Waals surface area contributed by atoms with Gasteiger partial charge >= 0.3 is 0 Å². The summed E-state index contributed by atoms with van der Waals surface area (Å²) in [5.74, 6) is 0.628. The standard InChI is InChI=1S/C15H23BrClN/c1-5-11(10-18-15(2,3)4)8-12-6-7-13(16)9-14(12)17/h6-7,9,11,18H,5,8,10H2,1-4H3. The molecule has 18 heavy (non-hydrogen) atoms. The maximum atomic E-state index is 6.27. The Morgan fingerprint density at radius 2 is 2.00 bits per heavy atom. The Hall–Kier alpha value is -0.0500. The van der Waals surface area contributed by atoms with Crippen LogP contribution >= 0.6 is 27.5 Å². The molecule has 1 N–H and O–H groups in total. The molecule has 1 unspecified atom stereocenters. The summed E-state index contributed by atoms with van der Waals surface area (Å²) < 4.78 is 1.04. The first-order valence-electron chi connectivity index (χ1n) is 6.50. The van der Waals surface area contributed by atoms with Crippen molar-refractivity contribution in [3.8, 4) is 0 Å². The highest BCUT2D eigenvalue weighted by atomic mass is 79.9. The van der Waals surface area contributed by atoms with Gasteiger partial charge in [-0.1, -0.05) is 46.9 Å². The zero-order valence-corrected chi connectivity index (χ0v) is 14.0. The molecule has 0 saturated heterocycles. The van der Waals surface area contributed by atoms with Crippen molar-refractivity contribution in [2.24, 2.45) is 5.92 Å². The van der Waals surface area contributed by atoms with E-state index in [4.69, 9.17) is 11.6 Å². The van der Waals surface area contributed by atoms with Crippen molar-refractivity contribution in [3.05, 3.63) is 33.3 Å². The average Bonchev–Trinajstić information content (AvgIpc) is 2.25. The lowest BCUT2D eigenvalue weighted by atomic mass is 9.95. The molecule has 3 heteroatoms. The summed E-state index contributed by atoms with van der Waals surface area (Å²) in [6.07, 6.45) is 2.20. The minimum Gasteiger partial charge on any atom is -0.312 e. The molecule has 102 valence electrons. The first kappa shape index (κ1) is 16.0. The Kier molecular flexibility index (Phi) is 6.16. The predicted molar refractivity (Wildman–Crippen MR) is 84.4 cm³/mol. The zero-order valence-electron chi connectivity index (χ0n) is 11.7. The molecular formula is C15H23BrClN. The van der Waals surface area contributed by atoms with Crippen LogP contribution in [-0.2, 0) is 6.42 Å². The minimum atomic E-state index is 0.178. The van der Waals surface area contributed by atoms with E-state index in [1.165, 1.54) is 5.56 Å². The Bertz CT molecular complexity index is 385. The van der Waals surface area contributed by atoms with Gasteiger partial charge in [0.15, 0.2) is 0 Å². The highest BCUT2D eigenvalue weighted by Gasteiger charge is 2.14. The lowest BCUT2D eigenvalue weighted by Crippen LogP contribution is -2.39. The second-order valence-corrected chi connectivity index (χ2v) is 7.17. The summed E-state index contributed by atoms with van der Waals surface area (Å²) in [5.41, 5.74) is 1.42. The van der Waals surface area contributed by atoms with Crippen LogP contribution in [0.3, 0.4) is 0 Å². The van der Waals surface area contributed by atoms with Crippen LogP contribution < -0.4 is 5.32 Å². The van der Waals surface area contributed by atoms with Crippen LogP contribution in [-0.4, -0.2) is 12.1 Å². The van der Waals surface area contributed by atoms with Gasteiger partial charge < -0.3 is 5.32 Å². The number of benzene rings is 1. The lowest BCUT2D eigenvalue weighted by Gasteiger charge is -2.25. The Morgan fingerprint density at radius 1 is 1.33 bits per heavy atom. The molecule has 0 aliphatic rings. The lowest BCUT2D eigenvalue weighted by molar-refractivity contribution is 0.363. The Morgan fingerprint density at radius 3 is 2.50 bits per heavy atom. The minimum absolute atomic E-state index is 0.178. The summed E-state index contributed by atoms with van der Waals surface area (Å²) in [7, 11) is 0. The number of hydrogen-bond acceptors (Lipinski definition) is 1. The van der Waals surface area contributed by atoms with Gasteiger partial charge in [-0.25, -0.2) is 0 Å². The van der Waals surface area contributed by atoms with Crippen LogP contribution in [0.5, 0.6) is 0 Å². The van der Waals surface area contributed by atoms with Crippen molar-refractivity contribution in [2.45, 2.75) is 46.1 Å². The van der Waals surface area contributed by atoms with Gasteiger partial charge in [0.05, 0.1) is 0 Å². The molecule has 1 aromatic rings. The van der Waals surface area contributed by atoms with E-state index in [1.807, 2.05) is 6.07 Å². The number of halogens is 2. The molecule has 0 bridgehead atoms. The van der Waals surface area contributed by atoms with Crippen LogP contribution in [0.25, 0.3) is 0 Å². The van der Waals surface area contributed by atoms with Gasteiger partial charge in [0, 0.05) is 15.0 Å². The van der Waals surface area contributed by atoms with Gasteiger partial charge in [-0.2, -0.15) is 0 Å². The highest BCUT2D eigenvalue weighted by Crippen LogP contribution is 2.24. The first-order chi connectivity index (χ1) is 8.31. The summed E-state index contributed by atoms with van der Waals surface area (Å²) >= 11 is 9.71. The van der Waals surface area contributed by atoms with E-state index < -0.39 is 0 Å². The molecule has 0 saturated carbocycles. The fraction of sp³-hybridized carbons (Fsp3) is 0.600. The molecule has 0 spiro atoms. The third kappa shape index (κ3) is 5.73. The smallest absolute Gasteiger partial charge is 0.0449 e. The van der Waals surface area contributed by atoms with Gasteiger partial charge in [0.1, 0.15) is 0 Å². The van der Waals surface area contributed by atoms with Crippen LogP contribution in [0, 0.1) is 5.92 Å². The third-order valence-corrected chi connectivity index (χ3v) is 3.87. The third-order valence-electron chi connectivity index (χ3n) is 3.02. The molecule has 1 rings (SSSR count). The number of nitrogens with one attached hydrogen (secondary N) is 1. The molecule has 0 fully saturated rings. The van der Waals surface area contributed by atoms with Crippen molar-refractivity contribution in [1.29, 1.82) is 0 Å². The second kappa shape index (κ2) is 6.93. The zero-order chi connectivity index (χ0) is 13.8. The van der Waals surface area contributed by atoms with Gasteiger partial charge in [-0.05, 0) is 57.4 Å². The molecular weight excluding hydrogens is 310 g/mol. The van der Waals surface area contributed by atoms with Crippen molar-refractivity contribution in [3.63, 3.8) is 0 Å². The summed E-state index contributed by atoms with van der Waals surface area (Å²) in [5, 5.41) is 4.43. The molecule has 0 amide bonds. The van der Waals surface area contributed by atoms with E-state index in [0.29, 0.717) is 5.92 Å². The first-order valence-corrected chi connectivity index (χ1v) is 7.68. The highest BCUT2D eigenvalue weighted by molar-refractivity contribution is 9.10. The van der Waals surface area contributed by atoms with Gasteiger partial charge in [-0.15, -0.1) is 0 Å². The molecule has 0 heterocycles. The Labute approximate surface area is 124 Å². The molecule has 1 aromatic carbocycles. The topological polar surface area (TPSA) is 12.0 Å². The molecule has 1 atom stereocenters. The van der Waals surface area contributed by atoms with Crippen LogP contribution in [0.2, 0.25) is 5.02 Å². The maximum Gasteiger partial charge on any atom is 0.0449 e. The number of hydrogen-bond donors (Lipinski definition) is 1. The van der Waals surface area contributed by atoms with E-state index in [-0.39, 0.29) is 5.54 Å². The molecule has 0 aliphatic carbocycles. The van der Waals surface area contributed by atoms with Crippen molar-refractivity contribution >= 4 is 27.5 Å². The molecule has 0 aromatic heterocycles. The largest absolute Gasteiger partial charge is 0.312 e. The monoisotopic (exact) mass is 331 g/mol. The average molecular weight is 333 g/mol. The summed E-state index contributed by atoms with van der Waals surface area (Å²) in [6.45, 7) is 9.87. The van der Waals surface area contributed by atoms with Crippen LogP contribution in [0.1, 0.15) is 39.7 Å². The normalized spacial score (nSPS) is 13.7. The van der Waals surface area contributed by atoms with Gasteiger partial charge in [0.25, 0.3) is 0 Å². The quantitative estimate of drug-likeness (QED) is 0.794. The fourth-order valence-corrected chi connectivity index (χ4v) is 2.56. The van der Waals surface area contributed by atoms with Crippen LogP contribution in [0.4, 0.5) is 0 Å². The van der Waals surface area contributed by atoms with Crippen molar-refractivity contribution in [2.75, 3.05) is 6.54 Å². The Balaban J connectivity index is 2.62. The molecule has 0 aliphatic heterocycles. The number of rotatable bonds is 5. The van der Waals surface area contributed by atoms with Gasteiger partial charge in [-0.3, -0.25) is 0 Å². The molecule has 1 nitrogen and oxygen atoms in total. The van der Waals surface area contributed by atoms with E-state index in [1.54, 1.807) is 0 Å². The summed E-state index contributed by atoms with van der Waals surface area (Å²) in [4.78, 5) is 0. The van der Waals surface area contributed by atoms with E-state index in [9.17, 15) is 0 Å². The molecule has 0 radical (unpaired) electrons.